The summed E-state index contributed by atoms with van der Waals surface area (Å²) in [6.45, 7) is 5.91. The Bertz CT molecular complexity index is 506. The van der Waals surface area contributed by atoms with Gasteiger partial charge in [0.05, 0.1) is 5.56 Å². The van der Waals surface area contributed by atoms with Gasteiger partial charge >= 0.3 is 6.18 Å². The minimum absolute atomic E-state index is 0.0508. The van der Waals surface area contributed by atoms with E-state index in [-0.39, 0.29) is 11.8 Å². The summed E-state index contributed by atoms with van der Waals surface area (Å²) in [6, 6.07) is 5.33. The molecule has 1 aromatic rings. The van der Waals surface area contributed by atoms with Crippen molar-refractivity contribution in [2.45, 2.75) is 20.0 Å². The number of benzene rings is 1. The van der Waals surface area contributed by atoms with Gasteiger partial charge in [-0.3, -0.25) is 4.79 Å². The number of carbonyl (C=O) groups is 1. The van der Waals surface area contributed by atoms with Gasteiger partial charge < -0.3 is 9.80 Å². The first-order valence-electron chi connectivity index (χ1n) is 7.00. The Hall–Kier alpha value is -1.72. The standard InChI is InChI=1S/C15H19F3N2O/c1-11(2)14(21)20-8-6-19(7-9-20)13-5-3-4-12(10-13)15(16,17)18/h3-5,10-11H,6-9H2,1-2H3. The molecule has 3 nitrogen and oxygen atoms in total. The minimum Gasteiger partial charge on any atom is -0.368 e. The molecule has 2 rings (SSSR count). The van der Waals surface area contributed by atoms with Crippen LogP contribution in [0.15, 0.2) is 24.3 Å². The van der Waals surface area contributed by atoms with Crippen molar-refractivity contribution < 1.29 is 18.0 Å². The van der Waals surface area contributed by atoms with Gasteiger partial charge in [0.25, 0.3) is 0 Å². The van der Waals surface area contributed by atoms with Gasteiger partial charge in [0.15, 0.2) is 0 Å². The number of amides is 1. The fraction of sp³-hybridized carbons (Fsp3) is 0.533. The third-order valence-corrected chi connectivity index (χ3v) is 3.62. The Labute approximate surface area is 122 Å². The highest BCUT2D eigenvalue weighted by molar-refractivity contribution is 5.78. The number of anilines is 1. The molecule has 1 aliphatic rings. The van der Waals surface area contributed by atoms with Gasteiger partial charge in [0.1, 0.15) is 0 Å². The van der Waals surface area contributed by atoms with Gasteiger partial charge in [-0.25, -0.2) is 0 Å². The third kappa shape index (κ3) is 3.68. The number of halogens is 3. The van der Waals surface area contributed by atoms with Crippen LogP contribution in [0, 0.1) is 5.92 Å². The summed E-state index contributed by atoms with van der Waals surface area (Å²) >= 11 is 0. The predicted octanol–water partition coefficient (Wildman–Crippen LogP) is 3.01. The molecule has 1 saturated heterocycles. The average molecular weight is 300 g/mol. The average Bonchev–Trinajstić information content (AvgIpc) is 2.46. The first-order valence-corrected chi connectivity index (χ1v) is 7.00. The lowest BCUT2D eigenvalue weighted by Gasteiger charge is -2.37. The molecule has 1 heterocycles. The van der Waals surface area contributed by atoms with Crippen molar-refractivity contribution >= 4 is 11.6 Å². The van der Waals surface area contributed by atoms with Crippen molar-refractivity contribution in [3.63, 3.8) is 0 Å². The van der Waals surface area contributed by atoms with E-state index in [9.17, 15) is 18.0 Å². The molecule has 0 spiro atoms. The summed E-state index contributed by atoms with van der Waals surface area (Å²) in [4.78, 5) is 15.5. The fourth-order valence-corrected chi connectivity index (χ4v) is 2.43. The highest BCUT2D eigenvalue weighted by Gasteiger charge is 2.31. The molecule has 1 aromatic carbocycles. The van der Waals surface area contributed by atoms with Crippen molar-refractivity contribution in [1.29, 1.82) is 0 Å². The number of piperazine rings is 1. The molecular formula is C15H19F3N2O. The maximum Gasteiger partial charge on any atom is 0.416 e. The molecule has 0 aromatic heterocycles. The number of alkyl halides is 3. The summed E-state index contributed by atoms with van der Waals surface area (Å²) in [5, 5.41) is 0. The summed E-state index contributed by atoms with van der Waals surface area (Å²) in [5.74, 6) is 0.0452. The van der Waals surface area contributed by atoms with Crippen LogP contribution >= 0.6 is 0 Å². The first-order chi connectivity index (χ1) is 9.79. The monoisotopic (exact) mass is 300 g/mol. The zero-order valence-electron chi connectivity index (χ0n) is 12.2. The number of carbonyl (C=O) groups excluding carboxylic acids is 1. The normalized spacial score (nSPS) is 16.5. The number of nitrogens with zero attached hydrogens (tertiary/aromatic N) is 2. The molecule has 0 atom stereocenters. The highest BCUT2D eigenvalue weighted by atomic mass is 19.4. The topological polar surface area (TPSA) is 23.6 Å². The van der Waals surface area contributed by atoms with Gasteiger partial charge in [-0.2, -0.15) is 13.2 Å². The van der Waals surface area contributed by atoms with E-state index in [0.29, 0.717) is 31.9 Å². The maximum absolute atomic E-state index is 12.7. The molecule has 0 unspecified atom stereocenters. The SMILES string of the molecule is CC(C)C(=O)N1CCN(c2cccc(C(F)(F)F)c2)CC1. The summed E-state index contributed by atoms with van der Waals surface area (Å²) < 4.78 is 38.2. The van der Waals surface area contributed by atoms with Gasteiger partial charge in [-0.15, -0.1) is 0 Å². The van der Waals surface area contributed by atoms with Gasteiger partial charge in [-0.1, -0.05) is 19.9 Å². The summed E-state index contributed by atoms with van der Waals surface area (Å²) in [5.41, 5.74) is -0.0813. The zero-order valence-corrected chi connectivity index (χ0v) is 12.2. The molecule has 1 amide bonds. The van der Waals surface area contributed by atoms with E-state index in [1.54, 1.807) is 11.0 Å². The van der Waals surface area contributed by atoms with Crippen molar-refractivity contribution in [2.24, 2.45) is 5.92 Å². The molecule has 6 heteroatoms. The van der Waals surface area contributed by atoms with Gasteiger partial charge in [0.2, 0.25) is 5.91 Å². The molecule has 0 radical (unpaired) electrons. The number of rotatable bonds is 2. The van der Waals surface area contributed by atoms with E-state index in [0.717, 1.165) is 6.07 Å². The molecule has 0 saturated carbocycles. The Morgan fingerprint density at radius 1 is 1.14 bits per heavy atom. The van der Waals surface area contributed by atoms with Crippen LogP contribution in [0.1, 0.15) is 19.4 Å². The molecule has 0 N–H and O–H groups in total. The predicted molar refractivity (Wildman–Crippen MR) is 75.1 cm³/mol. The molecule has 0 bridgehead atoms. The highest BCUT2D eigenvalue weighted by Crippen LogP contribution is 2.31. The smallest absolute Gasteiger partial charge is 0.368 e. The molecule has 0 aliphatic carbocycles. The lowest BCUT2D eigenvalue weighted by molar-refractivity contribution is -0.137. The Morgan fingerprint density at radius 3 is 2.29 bits per heavy atom. The van der Waals surface area contributed by atoms with Crippen LogP contribution in [-0.2, 0) is 11.0 Å². The fourth-order valence-electron chi connectivity index (χ4n) is 2.43. The van der Waals surface area contributed by atoms with E-state index in [1.165, 1.54) is 12.1 Å². The number of hydrogen-bond donors (Lipinski definition) is 0. The van der Waals surface area contributed by atoms with E-state index >= 15 is 0 Å². The van der Waals surface area contributed by atoms with Crippen LogP contribution in [0.2, 0.25) is 0 Å². The van der Waals surface area contributed by atoms with Crippen LogP contribution < -0.4 is 4.90 Å². The zero-order chi connectivity index (χ0) is 15.6. The summed E-state index contributed by atoms with van der Waals surface area (Å²) in [6.07, 6.45) is -4.33. The summed E-state index contributed by atoms with van der Waals surface area (Å²) in [7, 11) is 0. The van der Waals surface area contributed by atoms with E-state index in [1.807, 2.05) is 18.7 Å². The van der Waals surface area contributed by atoms with Crippen LogP contribution in [-0.4, -0.2) is 37.0 Å². The van der Waals surface area contributed by atoms with E-state index in [2.05, 4.69) is 0 Å². The second kappa shape index (κ2) is 5.95. The first kappa shape index (κ1) is 15.7. The van der Waals surface area contributed by atoms with Crippen LogP contribution in [0.25, 0.3) is 0 Å². The maximum atomic E-state index is 12.7. The van der Waals surface area contributed by atoms with Crippen molar-refractivity contribution in [3.05, 3.63) is 29.8 Å². The van der Waals surface area contributed by atoms with Crippen LogP contribution in [0.4, 0.5) is 18.9 Å². The van der Waals surface area contributed by atoms with Gasteiger partial charge in [-0.05, 0) is 18.2 Å². The molecule has 1 aliphatic heterocycles. The van der Waals surface area contributed by atoms with Crippen LogP contribution in [0.3, 0.4) is 0 Å². The van der Waals surface area contributed by atoms with Crippen molar-refractivity contribution in [1.82, 2.24) is 4.90 Å². The second-order valence-corrected chi connectivity index (χ2v) is 5.52. The lowest BCUT2D eigenvalue weighted by Crippen LogP contribution is -2.49. The lowest BCUT2D eigenvalue weighted by atomic mass is 10.1. The Kier molecular flexibility index (Phi) is 4.44. The second-order valence-electron chi connectivity index (χ2n) is 5.52. The molecule has 1 fully saturated rings. The van der Waals surface area contributed by atoms with E-state index < -0.39 is 11.7 Å². The van der Waals surface area contributed by atoms with Gasteiger partial charge in [0, 0.05) is 37.8 Å². The minimum atomic E-state index is -4.33. The Balaban J connectivity index is 2.04. The third-order valence-electron chi connectivity index (χ3n) is 3.62. The van der Waals surface area contributed by atoms with Crippen molar-refractivity contribution in [3.8, 4) is 0 Å². The Morgan fingerprint density at radius 2 is 1.76 bits per heavy atom. The largest absolute Gasteiger partial charge is 0.416 e. The van der Waals surface area contributed by atoms with Crippen LogP contribution in [0.5, 0.6) is 0 Å². The number of hydrogen-bond acceptors (Lipinski definition) is 2. The van der Waals surface area contributed by atoms with E-state index in [4.69, 9.17) is 0 Å². The van der Waals surface area contributed by atoms with Crippen molar-refractivity contribution in [2.75, 3.05) is 31.1 Å². The molecule has 116 valence electrons. The quantitative estimate of drug-likeness (QED) is 0.838. The molecule has 21 heavy (non-hydrogen) atoms. The molecular weight excluding hydrogens is 281 g/mol.